The molecule has 1 fully saturated rings. The van der Waals surface area contributed by atoms with Crippen molar-refractivity contribution < 1.29 is 9.53 Å². The molecule has 0 saturated carbocycles. The zero-order valence-corrected chi connectivity index (χ0v) is 10.4. The highest BCUT2D eigenvalue weighted by molar-refractivity contribution is 5.81. The Labute approximate surface area is 98.1 Å². The van der Waals surface area contributed by atoms with E-state index in [2.05, 4.69) is 6.92 Å². The lowest BCUT2D eigenvalue weighted by Crippen LogP contribution is -2.45. The maximum atomic E-state index is 12.0. The number of carbonyl (C=O) groups excluding carboxylic acids is 1. The van der Waals surface area contributed by atoms with E-state index < -0.39 is 0 Å². The number of ether oxygens (including phenoxy) is 1. The van der Waals surface area contributed by atoms with E-state index in [4.69, 9.17) is 10.5 Å². The minimum Gasteiger partial charge on any atom is -0.377 e. The van der Waals surface area contributed by atoms with Gasteiger partial charge in [-0.1, -0.05) is 19.8 Å². The second-order valence-corrected chi connectivity index (χ2v) is 4.57. The zero-order valence-electron chi connectivity index (χ0n) is 10.4. The molecule has 0 aromatic carbocycles. The average Bonchev–Trinajstić information content (AvgIpc) is 2.49. The van der Waals surface area contributed by atoms with Crippen LogP contribution in [0.5, 0.6) is 0 Å². The van der Waals surface area contributed by atoms with Crippen LogP contribution in [0.4, 0.5) is 0 Å². The Hall–Kier alpha value is -0.610. The smallest absolute Gasteiger partial charge is 0.239 e. The van der Waals surface area contributed by atoms with Crippen LogP contribution >= 0.6 is 0 Å². The fourth-order valence-corrected chi connectivity index (χ4v) is 1.98. The summed E-state index contributed by atoms with van der Waals surface area (Å²) < 4.78 is 5.51. The highest BCUT2D eigenvalue weighted by Crippen LogP contribution is 2.09. The molecule has 1 heterocycles. The van der Waals surface area contributed by atoms with Gasteiger partial charge < -0.3 is 15.4 Å². The molecule has 2 atom stereocenters. The van der Waals surface area contributed by atoms with Gasteiger partial charge in [0.25, 0.3) is 0 Å². The molecule has 2 unspecified atom stereocenters. The number of unbranched alkanes of at least 4 members (excludes halogenated alkanes) is 1. The number of carbonyl (C=O) groups is 1. The van der Waals surface area contributed by atoms with Gasteiger partial charge in [-0.25, -0.2) is 0 Å². The van der Waals surface area contributed by atoms with E-state index in [9.17, 15) is 4.79 Å². The molecule has 1 amide bonds. The molecule has 0 radical (unpaired) electrons. The molecular weight excluding hydrogens is 204 g/mol. The molecule has 4 heteroatoms. The van der Waals surface area contributed by atoms with Gasteiger partial charge in [-0.05, 0) is 19.8 Å². The molecule has 0 bridgehead atoms. The summed E-state index contributed by atoms with van der Waals surface area (Å²) in [5, 5.41) is 0. The van der Waals surface area contributed by atoms with Crippen molar-refractivity contribution in [1.29, 1.82) is 0 Å². The molecule has 1 aliphatic heterocycles. The van der Waals surface area contributed by atoms with Gasteiger partial charge >= 0.3 is 0 Å². The number of hydrogen-bond donors (Lipinski definition) is 1. The zero-order chi connectivity index (χ0) is 12.0. The lowest BCUT2D eigenvalue weighted by molar-refractivity contribution is -0.133. The third-order valence-corrected chi connectivity index (χ3v) is 2.95. The van der Waals surface area contributed by atoms with Crippen LogP contribution in [0.2, 0.25) is 0 Å². The van der Waals surface area contributed by atoms with Gasteiger partial charge in [-0.3, -0.25) is 4.79 Å². The summed E-state index contributed by atoms with van der Waals surface area (Å²) in [5.41, 5.74) is 5.90. The lowest BCUT2D eigenvalue weighted by Gasteiger charge is -2.25. The van der Waals surface area contributed by atoms with Crippen LogP contribution in [-0.4, -0.2) is 42.6 Å². The van der Waals surface area contributed by atoms with E-state index in [0.717, 1.165) is 38.8 Å². The van der Waals surface area contributed by atoms with Crippen LogP contribution in [0.15, 0.2) is 0 Å². The van der Waals surface area contributed by atoms with Crippen LogP contribution in [0.3, 0.4) is 0 Å². The third kappa shape index (κ3) is 4.10. The maximum Gasteiger partial charge on any atom is 0.239 e. The van der Waals surface area contributed by atoms with Crippen LogP contribution in [0, 0.1) is 0 Å². The molecule has 1 aliphatic rings. The molecular formula is C12H24N2O2. The van der Waals surface area contributed by atoms with E-state index in [0.29, 0.717) is 6.54 Å². The SMILES string of the molecule is CCCCC(N)C(=O)N1CCCOC(C)C1. The van der Waals surface area contributed by atoms with Crippen molar-refractivity contribution in [2.24, 2.45) is 5.73 Å². The van der Waals surface area contributed by atoms with E-state index >= 15 is 0 Å². The lowest BCUT2D eigenvalue weighted by atomic mass is 10.1. The van der Waals surface area contributed by atoms with Gasteiger partial charge in [0.2, 0.25) is 5.91 Å². The topological polar surface area (TPSA) is 55.6 Å². The standard InChI is InChI=1S/C12H24N2O2/c1-3-4-6-11(13)12(15)14-7-5-8-16-10(2)9-14/h10-11H,3-9,13H2,1-2H3. The number of rotatable bonds is 4. The van der Waals surface area contributed by atoms with Gasteiger partial charge in [0.1, 0.15) is 0 Å². The van der Waals surface area contributed by atoms with Crippen LogP contribution in [-0.2, 0) is 9.53 Å². The number of nitrogens with two attached hydrogens (primary N) is 1. The molecule has 1 rings (SSSR count). The summed E-state index contributed by atoms with van der Waals surface area (Å²) in [7, 11) is 0. The molecule has 2 N–H and O–H groups in total. The van der Waals surface area contributed by atoms with E-state index in [-0.39, 0.29) is 18.1 Å². The fraction of sp³-hybridized carbons (Fsp3) is 0.917. The van der Waals surface area contributed by atoms with Gasteiger partial charge in [-0.2, -0.15) is 0 Å². The molecule has 94 valence electrons. The molecule has 1 saturated heterocycles. The highest BCUT2D eigenvalue weighted by atomic mass is 16.5. The fourth-order valence-electron chi connectivity index (χ4n) is 1.98. The number of hydrogen-bond acceptors (Lipinski definition) is 3. The molecule has 0 aliphatic carbocycles. The molecule has 0 spiro atoms. The third-order valence-electron chi connectivity index (χ3n) is 2.95. The second kappa shape index (κ2) is 6.86. The largest absolute Gasteiger partial charge is 0.377 e. The van der Waals surface area contributed by atoms with Gasteiger partial charge in [0.15, 0.2) is 0 Å². The summed E-state index contributed by atoms with van der Waals surface area (Å²) in [6.07, 6.45) is 3.94. The number of nitrogens with zero attached hydrogens (tertiary/aromatic N) is 1. The van der Waals surface area contributed by atoms with Crippen molar-refractivity contribution >= 4 is 5.91 Å². The Morgan fingerprint density at radius 3 is 3.06 bits per heavy atom. The van der Waals surface area contributed by atoms with Crippen LogP contribution in [0.25, 0.3) is 0 Å². The quantitative estimate of drug-likeness (QED) is 0.785. The van der Waals surface area contributed by atoms with Crippen molar-refractivity contribution in [2.45, 2.75) is 51.7 Å². The average molecular weight is 228 g/mol. The Bertz CT molecular complexity index is 221. The Kier molecular flexibility index (Phi) is 5.77. The Morgan fingerprint density at radius 2 is 2.38 bits per heavy atom. The summed E-state index contributed by atoms with van der Waals surface area (Å²) in [6.45, 7) is 6.32. The monoisotopic (exact) mass is 228 g/mol. The first-order valence-electron chi connectivity index (χ1n) is 6.31. The predicted molar refractivity (Wildman–Crippen MR) is 64.1 cm³/mol. The molecule has 0 aromatic heterocycles. The van der Waals surface area contributed by atoms with Gasteiger partial charge in [0, 0.05) is 19.7 Å². The summed E-state index contributed by atoms with van der Waals surface area (Å²) in [4.78, 5) is 13.9. The molecule has 0 aromatic rings. The van der Waals surface area contributed by atoms with E-state index in [1.807, 2.05) is 11.8 Å². The number of amides is 1. The normalized spacial score (nSPS) is 23.9. The van der Waals surface area contributed by atoms with Crippen LogP contribution in [0.1, 0.15) is 39.5 Å². The van der Waals surface area contributed by atoms with Crippen molar-refractivity contribution in [3.63, 3.8) is 0 Å². The molecule has 4 nitrogen and oxygen atoms in total. The van der Waals surface area contributed by atoms with Crippen molar-refractivity contribution in [2.75, 3.05) is 19.7 Å². The van der Waals surface area contributed by atoms with E-state index in [1.165, 1.54) is 0 Å². The summed E-state index contributed by atoms with van der Waals surface area (Å²) in [6, 6.07) is -0.328. The molecule has 16 heavy (non-hydrogen) atoms. The first-order valence-corrected chi connectivity index (χ1v) is 6.31. The second-order valence-electron chi connectivity index (χ2n) is 4.57. The Balaban J connectivity index is 2.44. The van der Waals surface area contributed by atoms with E-state index in [1.54, 1.807) is 0 Å². The minimum absolute atomic E-state index is 0.0887. The Morgan fingerprint density at radius 1 is 1.62 bits per heavy atom. The van der Waals surface area contributed by atoms with Gasteiger partial charge in [0.05, 0.1) is 12.1 Å². The maximum absolute atomic E-state index is 12.0. The summed E-state index contributed by atoms with van der Waals surface area (Å²) in [5.74, 6) is 0.0887. The van der Waals surface area contributed by atoms with Crippen molar-refractivity contribution in [3.05, 3.63) is 0 Å². The first kappa shape index (κ1) is 13.5. The van der Waals surface area contributed by atoms with Crippen molar-refractivity contribution in [1.82, 2.24) is 4.90 Å². The van der Waals surface area contributed by atoms with Gasteiger partial charge in [-0.15, -0.1) is 0 Å². The van der Waals surface area contributed by atoms with Crippen molar-refractivity contribution in [3.8, 4) is 0 Å². The minimum atomic E-state index is -0.328. The highest BCUT2D eigenvalue weighted by Gasteiger charge is 2.23. The predicted octanol–water partition coefficient (Wildman–Crippen LogP) is 1.14. The van der Waals surface area contributed by atoms with Crippen LogP contribution < -0.4 is 5.73 Å². The summed E-state index contributed by atoms with van der Waals surface area (Å²) >= 11 is 0. The first-order chi connectivity index (χ1) is 7.65.